The third-order valence-corrected chi connectivity index (χ3v) is 2.95. The molecule has 0 aliphatic carbocycles. The molecule has 0 fully saturated rings. The van der Waals surface area contributed by atoms with Crippen LogP contribution in [0.15, 0.2) is 24.4 Å². The minimum absolute atomic E-state index is 0.228. The van der Waals surface area contributed by atoms with Crippen LogP contribution in [0.1, 0.15) is 11.1 Å². The monoisotopic (exact) mass is 282 g/mol. The zero-order valence-corrected chi connectivity index (χ0v) is 10.9. The summed E-state index contributed by atoms with van der Waals surface area (Å²) in [5, 5.41) is 11.9. The number of nitrogens with zero attached hydrogens (tertiary/aromatic N) is 2. The Kier molecular flexibility index (Phi) is 3.50. The molecule has 0 bridgehead atoms. The van der Waals surface area contributed by atoms with Gasteiger partial charge in [0.05, 0.1) is 10.4 Å². The number of hydrogen-bond donors (Lipinski definition) is 0. The first-order chi connectivity index (χ1) is 8.47. The molecule has 0 unspecified atom stereocenters. The number of aryl methyl sites for hydroxylation is 1. The van der Waals surface area contributed by atoms with Gasteiger partial charge in [-0.2, -0.15) is 0 Å². The molecule has 0 spiro atoms. The molecule has 18 heavy (non-hydrogen) atoms. The molecule has 1 aromatic heterocycles. The summed E-state index contributed by atoms with van der Waals surface area (Å²) in [6.07, 6.45) is 2.14. The smallest absolute Gasteiger partial charge is 0.235 e. The van der Waals surface area contributed by atoms with E-state index in [1.807, 2.05) is 6.92 Å². The topological polar surface area (TPSA) is 56.0 Å². The summed E-state index contributed by atoms with van der Waals surface area (Å²) in [6, 6.07) is 5.26. The summed E-state index contributed by atoms with van der Waals surface area (Å²) in [7, 11) is 0. The fourth-order valence-corrected chi connectivity index (χ4v) is 2.16. The molecular formula is C12H8Cl2N2O2. The molecule has 0 amide bonds. The Bertz CT molecular complexity index is 669. The summed E-state index contributed by atoms with van der Waals surface area (Å²) in [4.78, 5) is 14.0. The molecular weight excluding hydrogens is 275 g/mol. The molecule has 0 saturated heterocycles. The molecule has 0 atom stereocenters. The van der Waals surface area contributed by atoms with Gasteiger partial charge >= 0.3 is 0 Å². The Morgan fingerprint density at radius 3 is 2.72 bits per heavy atom. The van der Waals surface area contributed by atoms with Gasteiger partial charge in [-0.25, -0.2) is 4.98 Å². The quantitative estimate of drug-likeness (QED) is 0.473. The Morgan fingerprint density at radius 1 is 1.33 bits per heavy atom. The number of pyridine rings is 1. The number of fused-ring (bicyclic) bond motifs is 1. The van der Waals surface area contributed by atoms with E-state index in [4.69, 9.17) is 23.2 Å². The Labute approximate surface area is 113 Å². The van der Waals surface area contributed by atoms with Crippen LogP contribution in [-0.2, 0) is 0 Å². The molecule has 1 heterocycles. The van der Waals surface area contributed by atoms with Crippen molar-refractivity contribution in [2.45, 2.75) is 6.92 Å². The lowest BCUT2D eigenvalue weighted by Gasteiger charge is -2.05. The van der Waals surface area contributed by atoms with Crippen molar-refractivity contribution in [3.8, 4) is 0 Å². The maximum Gasteiger partial charge on any atom is 0.235 e. The first-order valence-electron chi connectivity index (χ1n) is 5.05. The summed E-state index contributed by atoms with van der Waals surface area (Å²) < 4.78 is 0. The molecule has 0 radical (unpaired) electrons. The van der Waals surface area contributed by atoms with E-state index in [0.717, 1.165) is 22.7 Å². The summed E-state index contributed by atoms with van der Waals surface area (Å²) in [5.41, 5.74) is 2.13. The molecule has 0 saturated carbocycles. The largest absolute Gasteiger partial charge is 0.259 e. The summed E-state index contributed by atoms with van der Waals surface area (Å²) >= 11 is 11.9. The minimum atomic E-state index is -0.552. The van der Waals surface area contributed by atoms with Gasteiger partial charge in [0.25, 0.3) is 0 Å². The van der Waals surface area contributed by atoms with Gasteiger partial charge in [-0.05, 0) is 30.7 Å². The standard InChI is InChI=1S/C12H8Cl2N2O2/c1-7-4-10(13)6-9-5-8(2-3-16(17)18)12(14)15-11(7)9/h2-6H,1H3/b3-2+. The molecule has 6 heteroatoms. The van der Waals surface area contributed by atoms with Gasteiger partial charge in [0.1, 0.15) is 5.15 Å². The van der Waals surface area contributed by atoms with Gasteiger partial charge in [-0.15, -0.1) is 0 Å². The Balaban J connectivity index is 2.64. The normalized spacial score (nSPS) is 11.3. The molecule has 1 aromatic carbocycles. The van der Waals surface area contributed by atoms with E-state index in [2.05, 4.69) is 4.98 Å². The third-order valence-electron chi connectivity index (χ3n) is 2.43. The lowest BCUT2D eigenvalue weighted by Crippen LogP contribution is -1.89. The number of hydrogen-bond acceptors (Lipinski definition) is 3. The van der Waals surface area contributed by atoms with Crippen LogP contribution in [0.5, 0.6) is 0 Å². The number of nitro groups is 1. The lowest BCUT2D eigenvalue weighted by molar-refractivity contribution is -0.400. The van der Waals surface area contributed by atoms with Gasteiger partial charge in [0, 0.05) is 22.0 Å². The second kappa shape index (κ2) is 4.92. The van der Waals surface area contributed by atoms with E-state index in [9.17, 15) is 10.1 Å². The van der Waals surface area contributed by atoms with Crippen LogP contribution in [-0.4, -0.2) is 9.91 Å². The SMILES string of the molecule is Cc1cc(Cl)cc2cc(/C=C/[N+](=O)[O-])c(Cl)nc12. The predicted molar refractivity (Wildman–Crippen MR) is 72.5 cm³/mol. The number of aromatic nitrogens is 1. The van der Waals surface area contributed by atoms with Crippen molar-refractivity contribution in [1.29, 1.82) is 0 Å². The van der Waals surface area contributed by atoms with E-state index in [1.165, 1.54) is 6.08 Å². The van der Waals surface area contributed by atoms with Crippen molar-refractivity contribution in [1.82, 2.24) is 4.98 Å². The molecule has 0 N–H and O–H groups in total. The number of rotatable bonds is 2. The van der Waals surface area contributed by atoms with Crippen LogP contribution in [0, 0.1) is 17.0 Å². The fraction of sp³-hybridized carbons (Fsp3) is 0.0833. The van der Waals surface area contributed by atoms with E-state index in [0.29, 0.717) is 10.6 Å². The zero-order valence-electron chi connectivity index (χ0n) is 9.35. The summed E-state index contributed by atoms with van der Waals surface area (Å²) in [5.74, 6) is 0. The van der Waals surface area contributed by atoms with Crippen molar-refractivity contribution in [3.63, 3.8) is 0 Å². The van der Waals surface area contributed by atoms with Crippen LogP contribution in [0.3, 0.4) is 0 Å². The highest BCUT2D eigenvalue weighted by atomic mass is 35.5. The van der Waals surface area contributed by atoms with Gasteiger partial charge < -0.3 is 0 Å². The Morgan fingerprint density at radius 2 is 2.06 bits per heavy atom. The Hall–Kier alpha value is -1.65. The van der Waals surface area contributed by atoms with Crippen molar-refractivity contribution in [3.05, 3.63) is 55.8 Å². The summed E-state index contributed by atoms with van der Waals surface area (Å²) in [6.45, 7) is 1.88. The van der Waals surface area contributed by atoms with Crippen LogP contribution in [0.2, 0.25) is 10.2 Å². The third kappa shape index (κ3) is 2.60. The van der Waals surface area contributed by atoms with Crippen molar-refractivity contribution in [2.24, 2.45) is 0 Å². The minimum Gasteiger partial charge on any atom is -0.259 e. The van der Waals surface area contributed by atoms with Gasteiger partial charge in [0.2, 0.25) is 6.20 Å². The van der Waals surface area contributed by atoms with Crippen LogP contribution in [0.4, 0.5) is 0 Å². The molecule has 4 nitrogen and oxygen atoms in total. The molecule has 0 aliphatic rings. The maximum absolute atomic E-state index is 10.3. The van der Waals surface area contributed by atoms with E-state index < -0.39 is 4.92 Å². The van der Waals surface area contributed by atoms with Crippen molar-refractivity contribution < 1.29 is 4.92 Å². The second-order valence-corrected chi connectivity index (χ2v) is 4.56. The first kappa shape index (κ1) is 12.8. The highest BCUT2D eigenvalue weighted by Gasteiger charge is 2.07. The van der Waals surface area contributed by atoms with Gasteiger partial charge in [-0.3, -0.25) is 10.1 Å². The van der Waals surface area contributed by atoms with E-state index in [1.54, 1.807) is 18.2 Å². The second-order valence-electron chi connectivity index (χ2n) is 3.76. The highest BCUT2D eigenvalue weighted by Crippen LogP contribution is 2.26. The van der Waals surface area contributed by atoms with Crippen LogP contribution < -0.4 is 0 Å². The van der Waals surface area contributed by atoms with E-state index in [-0.39, 0.29) is 5.15 Å². The van der Waals surface area contributed by atoms with Crippen LogP contribution in [0.25, 0.3) is 17.0 Å². The highest BCUT2D eigenvalue weighted by molar-refractivity contribution is 6.32. The number of halogens is 2. The van der Waals surface area contributed by atoms with E-state index >= 15 is 0 Å². The fourth-order valence-electron chi connectivity index (χ4n) is 1.67. The molecule has 0 aliphatic heterocycles. The number of benzene rings is 1. The average molecular weight is 283 g/mol. The van der Waals surface area contributed by atoms with Crippen LogP contribution >= 0.6 is 23.2 Å². The van der Waals surface area contributed by atoms with Crippen molar-refractivity contribution in [2.75, 3.05) is 0 Å². The predicted octanol–water partition coefficient (Wildman–Crippen LogP) is 4.10. The first-order valence-corrected chi connectivity index (χ1v) is 5.81. The average Bonchev–Trinajstić information content (AvgIpc) is 2.27. The molecule has 92 valence electrons. The molecule has 2 rings (SSSR count). The zero-order chi connectivity index (χ0) is 13.3. The lowest BCUT2D eigenvalue weighted by atomic mass is 10.1. The van der Waals surface area contributed by atoms with Crippen molar-refractivity contribution >= 4 is 40.2 Å². The van der Waals surface area contributed by atoms with Gasteiger partial charge in [0.15, 0.2) is 0 Å². The molecule has 2 aromatic rings. The maximum atomic E-state index is 10.3. The van der Waals surface area contributed by atoms with Gasteiger partial charge in [-0.1, -0.05) is 23.2 Å².